The first-order chi connectivity index (χ1) is 22.3. The van der Waals surface area contributed by atoms with E-state index in [0.29, 0.717) is 49.2 Å². The van der Waals surface area contributed by atoms with Gasteiger partial charge in [0.25, 0.3) is 11.5 Å². The Morgan fingerprint density at radius 2 is 1.96 bits per heavy atom. The first-order valence-corrected chi connectivity index (χ1v) is 16.1. The largest absolute Gasteiger partial charge is 0.504 e. The minimum Gasteiger partial charge on any atom is -0.504 e. The van der Waals surface area contributed by atoms with E-state index in [2.05, 4.69) is 41.3 Å². The maximum atomic E-state index is 14.0. The summed E-state index contributed by atoms with van der Waals surface area (Å²) < 4.78 is 42.1. The van der Waals surface area contributed by atoms with Gasteiger partial charge in [-0.3, -0.25) is 14.4 Å². The minimum absolute atomic E-state index is 0.00488. The summed E-state index contributed by atoms with van der Waals surface area (Å²) in [6.07, 6.45) is -1.16. The van der Waals surface area contributed by atoms with Crippen LogP contribution in [-0.2, 0) is 29.4 Å². The number of carbonyl (C=O) groups is 2. The molecule has 17 heteroatoms. The number of benzene rings is 1. The highest BCUT2D eigenvalue weighted by Crippen LogP contribution is 2.60. The van der Waals surface area contributed by atoms with E-state index in [4.69, 9.17) is 11.6 Å². The second kappa shape index (κ2) is 11.9. The normalized spacial score (nSPS) is 21.2. The second-order valence-electron chi connectivity index (χ2n) is 11.5. The van der Waals surface area contributed by atoms with Crippen LogP contribution in [0, 0.1) is 12.8 Å². The Hall–Kier alpha value is -4.05. The standard InChI is InChI=1S/C28H23BrClF3N8O4.C2H6/c1-12-22(43)21(35-11-34-12)24(45)39-7-6-27(14-9-18(14)39)5-4-17-20(27)23(44)41-26(37-25(29)38-41)40(17)10-19(42)36-16-3-2-13(8-15(16)30)28(31,32)33;1-2/h2-3,8,11,14,18,43H,4-7,9-10H2,1H3,(H,36,42);1-2H3. The fourth-order valence-electron chi connectivity index (χ4n) is 7.02. The Bertz CT molecular complexity index is 2000. The van der Waals surface area contributed by atoms with Crippen molar-refractivity contribution in [1.82, 2.24) is 34.0 Å². The fraction of sp³-hybridized carbons (Fsp3) is 0.433. The summed E-state index contributed by atoms with van der Waals surface area (Å²) in [4.78, 5) is 54.6. The Morgan fingerprint density at radius 1 is 1.21 bits per heavy atom. The van der Waals surface area contributed by atoms with Crippen LogP contribution in [0.3, 0.4) is 0 Å². The van der Waals surface area contributed by atoms with Crippen LogP contribution in [0.2, 0.25) is 5.02 Å². The van der Waals surface area contributed by atoms with Crippen molar-refractivity contribution in [1.29, 1.82) is 0 Å². The second-order valence-corrected chi connectivity index (χ2v) is 12.6. The van der Waals surface area contributed by atoms with E-state index in [-0.39, 0.29) is 56.7 Å². The lowest BCUT2D eigenvalue weighted by molar-refractivity contribution is -0.137. The van der Waals surface area contributed by atoms with E-state index in [9.17, 15) is 32.7 Å². The zero-order chi connectivity index (χ0) is 34.0. The molecule has 2 N–H and O–H groups in total. The maximum Gasteiger partial charge on any atom is 0.416 e. The van der Waals surface area contributed by atoms with E-state index in [0.717, 1.165) is 22.7 Å². The van der Waals surface area contributed by atoms with Crippen LogP contribution in [0.5, 0.6) is 5.75 Å². The molecule has 0 bridgehead atoms. The molecule has 2 fully saturated rings. The summed E-state index contributed by atoms with van der Waals surface area (Å²) in [7, 11) is 0. The number of aryl methyl sites for hydroxylation is 1. The van der Waals surface area contributed by atoms with Crippen LogP contribution in [0.25, 0.3) is 5.78 Å². The van der Waals surface area contributed by atoms with Crippen LogP contribution >= 0.6 is 27.5 Å². The molecule has 2 amide bonds. The Balaban J connectivity index is 0.00000190. The molecule has 0 radical (unpaired) electrons. The number of carbonyl (C=O) groups excluding carboxylic acids is 2. The molecular formula is C30H29BrClF3N8O4. The highest BCUT2D eigenvalue weighted by Gasteiger charge is 2.63. The molecule has 1 saturated carbocycles. The monoisotopic (exact) mass is 736 g/mol. The molecule has 2 aliphatic carbocycles. The number of amides is 2. The van der Waals surface area contributed by atoms with Crippen LogP contribution in [0.4, 0.5) is 18.9 Å². The molecule has 4 heterocycles. The van der Waals surface area contributed by atoms with Crippen LogP contribution in [0.15, 0.2) is 34.1 Å². The molecular weight excluding hydrogens is 709 g/mol. The lowest BCUT2D eigenvalue weighted by Crippen LogP contribution is -2.48. The number of hydrogen-bond acceptors (Lipinski definition) is 8. The summed E-state index contributed by atoms with van der Waals surface area (Å²) in [5.41, 5.74) is -0.488. The van der Waals surface area contributed by atoms with Crippen molar-refractivity contribution in [2.24, 2.45) is 5.92 Å². The van der Waals surface area contributed by atoms with Gasteiger partial charge < -0.3 is 19.9 Å². The van der Waals surface area contributed by atoms with E-state index in [1.807, 2.05) is 13.8 Å². The molecule has 248 valence electrons. The number of nitrogens with zero attached hydrogens (tertiary/aromatic N) is 7. The molecule has 4 aromatic rings. The van der Waals surface area contributed by atoms with Gasteiger partial charge >= 0.3 is 6.18 Å². The molecule has 47 heavy (non-hydrogen) atoms. The number of aromatic nitrogens is 6. The van der Waals surface area contributed by atoms with Crippen molar-refractivity contribution in [2.75, 3.05) is 11.9 Å². The van der Waals surface area contributed by atoms with E-state index >= 15 is 0 Å². The molecule has 12 nitrogen and oxygen atoms in total. The number of nitrogens with one attached hydrogen (secondary N) is 1. The van der Waals surface area contributed by atoms with Gasteiger partial charge in [-0.05, 0) is 72.7 Å². The van der Waals surface area contributed by atoms with Gasteiger partial charge in [0, 0.05) is 29.3 Å². The number of alkyl halides is 3. The molecule has 1 spiro atoms. The van der Waals surface area contributed by atoms with Crippen LogP contribution in [-0.4, -0.2) is 63.5 Å². The maximum absolute atomic E-state index is 14.0. The number of hydrogen-bond donors (Lipinski definition) is 2. The van der Waals surface area contributed by atoms with Gasteiger partial charge in [-0.1, -0.05) is 25.4 Å². The number of halogens is 5. The molecule has 3 aliphatic rings. The number of piperidine rings is 1. The highest BCUT2D eigenvalue weighted by molar-refractivity contribution is 9.10. The van der Waals surface area contributed by atoms with Crippen molar-refractivity contribution >= 4 is 50.8 Å². The molecule has 1 aromatic carbocycles. The molecule has 1 aliphatic heterocycles. The smallest absolute Gasteiger partial charge is 0.416 e. The lowest BCUT2D eigenvalue weighted by Gasteiger charge is -2.39. The topological polar surface area (TPSA) is 148 Å². The third-order valence-corrected chi connectivity index (χ3v) is 9.79. The number of likely N-dealkylation sites (tertiary alicyclic amines) is 1. The SMILES string of the molecule is CC.Cc1ncnc(C(=O)N2CCC3(CCc4c3c(=O)n3nc(Br)nc3n4CC(=O)Nc3ccc(C(F)(F)F)cc3Cl)C3CC32)c1O. The number of fused-ring (bicyclic) bond motifs is 5. The average Bonchev–Trinajstić information content (AvgIpc) is 3.62. The van der Waals surface area contributed by atoms with Crippen molar-refractivity contribution < 1.29 is 27.9 Å². The van der Waals surface area contributed by atoms with Gasteiger partial charge in [0.1, 0.15) is 12.9 Å². The first-order valence-electron chi connectivity index (χ1n) is 15.0. The Labute approximate surface area is 279 Å². The minimum atomic E-state index is -4.59. The van der Waals surface area contributed by atoms with E-state index in [1.165, 1.54) is 6.33 Å². The quantitative estimate of drug-likeness (QED) is 0.300. The third-order valence-electron chi connectivity index (χ3n) is 9.14. The van der Waals surface area contributed by atoms with Gasteiger partial charge in [0.15, 0.2) is 11.4 Å². The molecule has 3 atom stereocenters. The number of aromatic hydroxyl groups is 1. The van der Waals surface area contributed by atoms with Crippen molar-refractivity contribution in [3.05, 3.63) is 72.8 Å². The third kappa shape index (κ3) is 5.44. The highest BCUT2D eigenvalue weighted by atomic mass is 79.9. The molecule has 3 unspecified atom stereocenters. The average molecular weight is 738 g/mol. The molecule has 3 aromatic heterocycles. The van der Waals surface area contributed by atoms with Gasteiger partial charge in [-0.15, -0.1) is 5.10 Å². The fourth-order valence-corrected chi connectivity index (χ4v) is 7.56. The van der Waals surface area contributed by atoms with Gasteiger partial charge in [0.05, 0.1) is 22.0 Å². The van der Waals surface area contributed by atoms with E-state index < -0.39 is 29.0 Å². The summed E-state index contributed by atoms with van der Waals surface area (Å²) in [6, 6.07) is 2.49. The van der Waals surface area contributed by atoms with Crippen LogP contribution < -0.4 is 10.9 Å². The predicted octanol–water partition coefficient (Wildman–Crippen LogP) is 4.91. The first kappa shape index (κ1) is 32.9. The Morgan fingerprint density at radius 3 is 2.66 bits per heavy atom. The van der Waals surface area contributed by atoms with Gasteiger partial charge in [0.2, 0.25) is 16.4 Å². The molecule has 7 rings (SSSR count). The Kier molecular flexibility index (Phi) is 8.31. The summed E-state index contributed by atoms with van der Waals surface area (Å²) in [5.74, 6) is -1.15. The van der Waals surface area contributed by atoms with Gasteiger partial charge in [-0.25, -0.2) is 9.97 Å². The number of anilines is 1. The van der Waals surface area contributed by atoms with Crippen molar-refractivity contribution in [3.8, 4) is 5.75 Å². The van der Waals surface area contributed by atoms with Crippen molar-refractivity contribution in [3.63, 3.8) is 0 Å². The van der Waals surface area contributed by atoms with Crippen molar-refractivity contribution in [2.45, 2.75) is 70.6 Å². The van der Waals surface area contributed by atoms with Gasteiger partial charge in [-0.2, -0.15) is 22.7 Å². The molecule has 1 saturated heterocycles. The summed E-state index contributed by atoms with van der Waals surface area (Å²) in [6.45, 7) is 5.60. The zero-order valence-electron chi connectivity index (χ0n) is 25.4. The summed E-state index contributed by atoms with van der Waals surface area (Å²) in [5, 5.41) is 16.9. The predicted molar refractivity (Wildman–Crippen MR) is 167 cm³/mol. The lowest BCUT2D eigenvalue weighted by atomic mass is 9.73. The number of rotatable bonds is 4. The van der Waals surface area contributed by atoms with E-state index in [1.54, 1.807) is 16.4 Å². The van der Waals surface area contributed by atoms with Crippen LogP contribution in [0.1, 0.15) is 66.1 Å². The zero-order valence-corrected chi connectivity index (χ0v) is 27.7. The summed E-state index contributed by atoms with van der Waals surface area (Å²) >= 11 is 9.28.